The standard InChI is InChI=1S/C18H19N3O5S/c1-10-3-4-14(26-2)13(5-10)21-8-11(6-16(21)22)17(23)19-7-15-20-12(9-27-15)18(24)25/h3-5,9,11H,6-8H2,1-2H3,(H,19,23)(H,24,25). The number of anilines is 1. The van der Waals surface area contributed by atoms with Crippen LogP contribution < -0.4 is 15.0 Å². The molecular formula is C18H19N3O5S. The Bertz CT molecular complexity index is 895. The molecule has 142 valence electrons. The molecule has 1 unspecified atom stereocenters. The molecule has 0 radical (unpaired) electrons. The van der Waals surface area contributed by atoms with Gasteiger partial charge in [-0.2, -0.15) is 0 Å². The van der Waals surface area contributed by atoms with Crippen LogP contribution >= 0.6 is 11.3 Å². The van der Waals surface area contributed by atoms with Gasteiger partial charge in [0.2, 0.25) is 11.8 Å². The third-order valence-corrected chi connectivity index (χ3v) is 5.15. The van der Waals surface area contributed by atoms with Crippen LogP contribution in [0.2, 0.25) is 0 Å². The quantitative estimate of drug-likeness (QED) is 0.780. The van der Waals surface area contributed by atoms with Crippen LogP contribution in [0.25, 0.3) is 0 Å². The maximum atomic E-state index is 12.4. The van der Waals surface area contributed by atoms with E-state index < -0.39 is 11.9 Å². The molecule has 0 aliphatic carbocycles. The number of hydrogen-bond donors (Lipinski definition) is 2. The first-order chi connectivity index (χ1) is 12.9. The highest BCUT2D eigenvalue weighted by atomic mass is 32.1. The Morgan fingerprint density at radius 2 is 2.22 bits per heavy atom. The van der Waals surface area contributed by atoms with Crippen molar-refractivity contribution in [1.29, 1.82) is 0 Å². The van der Waals surface area contributed by atoms with E-state index in [0.29, 0.717) is 16.4 Å². The van der Waals surface area contributed by atoms with Gasteiger partial charge >= 0.3 is 5.97 Å². The highest BCUT2D eigenvalue weighted by Crippen LogP contribution is 2.33. The van der Waals surface area contributed by atoms with Crippen molar-refractivity contribution in [2.75, 3.05) is 18.6 Å². The summed E-state index contributed by atoms with van der Waals surface area (Å²) in [7, 11) is 1.54. The first-order valence-electron chi connectivity index (χ1n) is 8.29. The van der Waals surface area contributed by atoms with Crippen LogP contribution in [0.1, 0.15) is 27.5 Å². The van der Waals surface area contributed by atoms with Crippen molar-refractivity contribution >= 4 is 34.8 Å². The number of aryl methyl sites for hydroxylation is 1. The second kappa shape index (κ2) is 7.75. The predicted octanol–water partition coefficient (Wildman–Crippen LogP) is 1.83. The molecule has 0 spiro atoms. The monoisotopic (exact) mass is 389 g/mol. The summed E-state index contributed by atoms with van der Waals surface area (Å²) >= 11 is 1.17. The number of aromatic carboxylic acids is 1. The molecule has 1 aliphatic rings. The molecule has 2 amide bonds. The van der Waals surface area contributed by atoms with Gasteiger partial charge in [0.25, 0.3) is 0 Å². The fourth-order valence-electron chi connectivity index (χ4n) is 2.92. The van der Waals surface area contributed by atoms with Gasteiger partial charge in [-0.05, 0) is 24.6 Å². The fraction of sp³-hybridized carbons (Fsp3) is 0.333. The van der Waals surface area contributed by atoms with Gasteiger partial charge in [0.05, 0.1) is 25.3 Å². The van der Waals surface area contributed by atoms with E-state index in [2.05, 4.69) is 10.3 Å². The van der Waals surface area contributed by atoms with E-state index in [1.807, 2.05) is 19.1 Å². The molecule has 1 aromatic heterocycles. The number of methoxy groups -OCH3 is 1. The first-order valence-corrected chi connectivity index (χ1v) is 9.17. The summed E-state index contributed by atoms with van der Waals surface area (Å²) in [6.45, 7) is 2.32. The molecular weight excluding hydrogens is 370 g/mol. The summed E-state index contributed by atoms with van der Waals surface area (Å²) in [6.07, 6.45) is 0.112. The van der Waals surface area contributed by atoms with Gasteiger partial charge in [0, 0.05) is 18.3 Å². The molecule has 1 aliphatic heterocycles. The van der Waals surface area contributed by atoms with E-state index in [-0.39, 0.29) is 37.0 Å². The van der Waals surface area contributed by atoms with Gasteiger partial charge in [-0.15, -0.1) is 11.3 Å². The highest BCUT2D eigenvalue weighted by molar-refractivity contribution is 7.09. The fourth-order valence-corrected chi connectivity index (χ4v) is 3.63. The van der Waals surface area contributed by atoms with Crippen LogP contribution in [0.3, 0.4) is 0 Å². The number of ether oxygens (including phenoxy) is 1. The first kappa shape index (κ1) is 18.8. The zero-order valence-corrected chi connectivity index (χ0v) is 15.7. The summed E-state index contributed by atoms with van der Waals surface area (Å²) in [6, 6.07) is 5.56. The van der Waals surface area contributed by atoms with Gasteiger partial charge in [-0.3, -0.25) is 9.59 Å². The lowest BCUT2D eigenvalue weighted by molar-refractivity contribution is -0.126. The molecule has 1 saturated heterocycles. The zero-order chi connectivity index (χ0) is 19.6. The summed E-state index contributed by atoms with van der Waals surface area (Å²) in [5, 5.41) is 13.5. The Morgan fingerprint density at radius 1 is 1.44 bits per heavy atom. The number of carbonyl (C=O) groups is 3. The summed E-state index contributed by atoms with van der Waals surface area (Å²) in [5.74, 6) is -1.40. The number of rotatable bonds is 6. The lowest BCUT2D eigenvalue weighted by Gasteiger charge is -2.20. The number of carbonyl (C=O) groups excluding carboxylic acids is 2. The van der Waals surface area contributed by atoms with E-state index >= 15 is 0 Å². The molecule has 2 aromatic rings. The minimum absolute atomic E-state index is 0.0435. The van der Waals surface area contributed by atoms with E-state index in [4.69, 9.17) is 9.84 Å². The lowest BCUT2D eigenvalue weighted by atomic mass is 10.1. The number of benzene rings is 1. The van der Waals surface area contributed by atoms with E-state index in [1.54, 1.807) is 11.0 Å². The molecule has 9 heteroatoms. The zero-order valence-electron chi connectivity index (χ0n) is 14.9. The third kappa shape index (κ3) is 4.08. The normalized spacial score (nSPS) is 16.4. The summed E-state index contributed by atoms with van der Waals surface area (Å²) < 4.78 is 5.33. The minimum atomic E-state index is -1.10. The van der Waals surface area contributed by atoms with Crippen molar-refractivity contribution in [3.05, 3.63) is 39.8 Å². The molecule has 1 atom stereocenters. The number of thiazole rings is 1. The Balaban J connectivity index is 1.65. The highest BCUT2D eigenvalue weighted by Gasteiger charge is 2.36. The Labute approximate surface area is 159 Å². The molecule has 1 fully saturated rings. The van der Waals surface area contributed by atoms with Crippen LogP contribution in [0.15, 0.2) is 23.6 Å². The Kier molecular flexibility index (Phi) is 5.41. The maximum Gasteiger partial charge on any atom is 0.355 e. The summed E-state index contributed by atoms with van der Waals surface area (Å²) in [4.78, 5) is 41.2. The average Bonchev–Trinajstić information content (AvgIpc) is 3.26. The van der Waals surface area contributed by atoms with Gasteiger partial charge in [-0.25, -0.2) is 9.78 Å². The van der Waals surface area contributed by atoms with E-state index in [0.717, 1.165) is 5.56 Å². The molecule has 2 heterocycles. The average molecular weight is 389 g/mol. The largest absolute Gasteiger partial charge is 0.495 e. The topological polar surface area (TPSA) is 109 Å². The molecule has 0 bridgehead atoms. The number of nitrogens with one attached hydrogen (secondary N) is 1. The molecule has 0 saturated carbocycles. The molecule has 3 rings (SSSR count). The third-order valence-electron chi connectivity index (χ3n) is 4.31. The smallest absolute Gasteiger partial charge is 0.355 e. The van der Waals surface area contributed by atoms with E-state index in [1.165, 1.54) is 23.8 Å². The van der Waals surface area contributed by atoms with Gasteiger partial charge in [-0.1, -0.05) is 6.07 Å². The van der Waals surface area contributed by atoms with Crippen molar-refractivity contribution in [3.8, 4) is 5.75 Å². The van der Waals surface area contributed by atoms with Crippen LogP contribution in [0, 0.1) is 12.8 Å². The Morgan fingerprint density at radius 3 is 2.89 bits per heavy atom. The predicted molar refractivity (Wildman–Crippen MR) is 99.1 cm³/mol. The summed E-state index contributed by atoms with van der Waals surface area (Å²) in [5.41, 5.74) is 1.60. The minimum Gasteiger partial charge on any atom is -0.495 e. The number of nitrogens with zero attached hydrogens (tertiary/aromatic N) is 2. The number of aromatic nitrogens is 1. The van der Waals surface area contributed by atoms with E-state index in [9.17, 15) is 14.4 Å². The SMILES string of the molecule is COc1ccc(C)cc1N1CC(C(=O)NCc2nc(C(=O)O)cs2)CC1=O. The van der Waals surface area contributed by atoms with Crippen molar-refractivity contribution in [2.24, 2.45) is 5.92 Å². The van der Waals surface area contributed by atoms with Crippen molar-refractivity contribution in [3.63, 3.8) is 0 Å². The Hall–Kier alpha value is -2.94. The van der Waals surface area contributed by atoms with Crippen LogP contribution in [0.4, 0.5) is 5.69 Å². The number of carboxylic acid groups (broad SMARTS) is 1. The van der Waals surface area contributed by atoms with Crippen molar-refractivity contribution in [1.82, 2.24) is 10.3 Å². The van der Waals surface area contributed by atoms with Crippen LogP contribution in [-0.2, 0) is 16.1 Å². The van der Waals surface area contributed by atoms with Crippen LogP contribution in [0.5, 0.6) is 5.75 Å². The molecule has 8 nitrogen and oxygen atoms in total. The second-order valence-corrected chi connectivity index (χ2v) is 7.17. The number of amides is 2. The van der Waals surface area contributed by atoms with Crippen molar-refractivity contribution in [2.45, 2.75) is 19.9 Å². The van der Waals surface area contributed by atoms with Gasteiger partial charge < -0.3 is 20.1 Å². The molecule has 1 aromatic carbocycles. The second-order valence-electron chi connectivity index (χ2n) is 6.23. The van der Waals surface area contributed by atoms with Crippen molar-refractivity contribution < 1.29 is 24.2 Å². The molecule has 2 N–H and O–H groups in total. The number of hydrogen-bond acceptors (Lipinski definition) is 6. The van der Waals surface area contributed by atoms with Gasteiger partial charge in [0.15, 0.2) is 5.69 Å². The van der Waals surface area contributed by atoms with Crippen LogP contribution in [-0.4, -0.2) is 41.5 Å². The number of carboxylic acids is 1. The lowest BCUT2D eigenvalue weighted by Crippen LogP contribution is -2.32. The maximum absolute atomic E-state index is 12.4. The molecule has 27 heavy (non-hydrogen) atoms. The van der Waals surface area contributed by atoms with Gasteiger partial charge in [0.1, 0.15) is 10.8 Å².